The van der Waals surface area contributed by atoms with Gasteiger partial charge in [-0.1, -0.05) is 35.6 Å². The summed E-state index contributed by atoms with van der Waals surface area (Å²) >= 11 is 2.94. The molecule has 2 aromatic carbocycles. The van der Waals surface area contributed by atoms with E-state index < -0.39 is 12.0 Å². The summed E-state index contributed by atoms with van der Waals surface area (Å²) in [6.07, 6.45) is 3.84. The van der Waals surface area contributed by atoms with Gasteiger partial charge in [-0.25, -0.2) is 9.79 Å². The lowest BCUT2D eigenvalue weighted by molar-refractivity contribution is -0.139. The molecule has 0 spiro atoms. The lowest BCUT2D eigenvalue weighted by Gasteiger charge is -2.24. The minimum atomic E-state index is -0.603. The van der Waals surface area contributed by atoms with Gasteiger partial charge in [-0.3, -0.25) is 9.36 Å². The molecule has 1 unspecified atom stereocenters. The van der Waals surface area contributed by atoms with Crippen LogP contribution in [0.1, 0.15) is 31.0 Å². The van der Waals surface area contributed by atoms with E-state index >= 15 is 0 Å². The summed E-state index contributed by atoms with van der Waals surface area (Å²) in [7, 11) is 1.61. The summed E-state index contributed by atoms with van der Waals surface area (Å²) in [5.41, 5.74) is 2.47. The number of hydrogen-bond donors (Lipinski definition) is 0. The molecule has 1 atom stereocenters. The first-order chi connectivity index (χ1) is 16.0. The van der Waals surface area contributed by atoms with Crippen molar-refractivity contribution < 1.29 is 14.3 Å². The largest absolute Gasteiger partial charge is 0.497 e. The van der Waals surface area contributed by atoms with Gasteiger partial charge in [0.25, 0.3) is 5.56 Å². The lowest BCUT2D eigenvalue weighted by atomic mass is 9.96. The topological polar surface area (TPSA) is 69.9 Å². The number of allylic oxidation sites excluding steroid dienone is 1. The Balaban J connectivity index is 1.90. The maximum Gasteiger partial charge on any atom is 0.338 e. The zero-order chi connectivity index (χ0) is 23.5. The summed E-state index contributed by atoms with van der Waals surface area (Å²) in [4.78, 5) is 32.7. The van der Waals surface area contributed by atoms with Crippen molar-refractivity contribution in [2.45, 2.75) is 24.8 Å². The van der Waals surface area contributed by atoms with Crippen molar-refractivity contribution in [3.8, 4) is 5.75 Å². The van der Waals surface area contributed by atoms with Gasteiger partial charge in [-0.2, -0.15) is 0 Å². The van der Waals surface area contributed by atoms with Crippen LogP contribution in [0, 0.1) is 0 Å². The van der Waals surface area contributed by atoms with Crippen LogP contribution in [0.15, 0.2) is 74.5 Å². The molecule has 6 nitrogen and oxygen atoms in total. The van der Waals surface area contributed by atoms with Crippen LogP contribution in [0.2, 0.25) is 0 Å². The fourth-order valence-electron chi connectivity index (χ4n) is 3.74. The molecule has 0 amide bonds. The number of fused-ring (bicyclic) bond motifs is 1. The van der Waals surface area contributed by atoms with E-state index in [1.807, 2.05) is 60.9 Å². The van der Waals surface area contributed by atoms with Crippen LogP contribution in [0.5, 0.6) is 5.75 Å². The summed E-state index contributed by atoms with van der Waals surface area (Å²) in [6, 6.07) is 14.8. The fourth-order valence-corrected chi connectivity index (χ4v) is 5.20. The van der Waals surface area contributed by atoms with Crippen LogP contribution in [0.4, 0.5) is 0 Å². The number of benzene rings is 2. The van der Waals surface area contributed by atoms with E-state index in [-0.39, 0.29) is 12.2 Å². The van der Waals surface area contributed by atoms with E-state index in [0.717, 1.165) is 21.8 Å². The number of rotatable bonds is 6. The van der Waals surface area contributed by atoms with Gasteiger partial charge in [0.15, 0.2) is 4.80 Å². The Morgan fingerprint density at radius 1 is 1.18 bits per heavy atom. The third kappa shape index (κ3) is 4.54. The highest BCUT2D eigenvalue weighted by molar-refractivity contribution is 7.98. The second-order valence-corrected chi connectivity index (χ2v) is 9.24. The van der Waals surface area contributed by atoms with Gasteiger partial charge in [0.2, 0.25) is 0 Å². The highest BCUT2D eigenvalue weighted by atomic mass is 32.2. The fraction of sp³-hybridized carbons (Fsp3) is 0.240. The average molecular weight is 481 g/mol. The summed E-state index contributed by atoms with van der Waals surface area (Å²) in [5.74, 6) is 0.291. The predicted molar refractivity (Wildman–Crippen MR) is 132 cm³/mol. The Hall–Kier alpha value is -3.10. The normalized spacial score (nSPS) is 15.8. The number of thiazole rings is 1. The first-order valence-corrected chi connectivity index (χ1v) is 12.5. The number of carbonyl (C=O) groups is 1. The summed E-state index contributed by atoms with van der Waals surface area (Å²) in [6.45, 7) is 3.80. The Labute approximate surface area is 199 Å². The molecule has 2 heterocycles. The number of hydrogen-bond acceptors (Lipinski definition) is 7. The highest BCUT2D eigenvalue weighted by Crippen LogP contribution is 2.31. The Kier molecular flexibility index (Phi) is 6.85. The monoisotopic (exact) mass is 480 g/mol. The number of nitrogens with zero attached hydrogens (tertiary/aromatic N) is 2. The molecular weight excluding hydrogens is 456 g/mol. The van der Waals surface area contributed by atoms with Gasteiger partial charge in [0, 0.05) is 4.90 Å². The molecule has 170 valence electrons. The molecule has 0 saturated heterocycles. The molecule has 0 saturated carbocycles. The molecular formula is C25H24N2O4S2. The van der Waals surface area contributed by atoms with E-state index in [9.17, 15) is 9.59 Å². The highest BCUT2D eigenvalue weighted by Gasteiger charge is 2.33. The van der Waals surface area contributed by atoms with Crippen LogP contribution in [0.3, 0.4) is 0 Å². The maximum absolute atomic E-state index is 13.6. The zero-order valence-corrected chi connectivity index (χ0v) is 20.5. The van der Waals surface area contributed by atoms with Gasteiger partial charge < -0.3 is 9.47 Å². The second kappa shape index (κ2) is 9.80. The number of ether oxygens (including phenoxy) is 2. The van der Waals surface area contributed by atoms with Crippen molar-refractivity contribution in [3.05, 3.63) is 90.6 Å². The molecule has 0 aliphatic carbocycles. The van der Waals surface area contributed by atoms with E-state index in [2.05, 4.69) is 4.99 Å². The van der Waals surface area contributed by atoms with Gasteiger partial charge in [0.05, 0.1) is 35.6 Å². The molecule has 8 heteroatoms. The smallest absolute Gasteiger partial charge is 0.338 e. The first kappa shape index (κ1) is 23.1. The molecule has 3 aromatic rings. The van der Waals surface area contributed by atoms with E-state index in [1.54, 1.807) is 37.3 Å². The standard InChI is InChI=1S/C25H24N2O4S2/c1-5-31-24(29)21-15(2)26-25-27(22(21)17-8-12-19(32-4)13-9-17)23(28)20(33-25)14-16-6-10-18(30-3)11-7-16/h6-14,22H,5H2,1-4H3/b20-14+. The number of carbonyl (C=O) groups excluding carboxylic acids is 1. The molecule has 1 aliphatic heterocycles. The quantitative estimate of drug-likeness (QED) is 0.399. The van der Waals surface area contributed by atoms with Gasteiger partial charge >= 0.3 is 5.97 Å². The lowest BCUT2D eigenvalue weighted by Crippen LogP contribution is -2.39. The van der Waals surface area contributed by atoms with Crippen LogP contribution in [0.25, 0.3) is 6.08 Å². The van der Waals surface area contributed by atoms with Crippen molar-refractivity contribution in [1.82, 2.24) is 4.57 Å². The van der Waals surface area contributed by atoms with Crippen molar-refractivity contribution in [2.24, 2.45) is 4.99 Å². The van der Waals surface area contributed by atoms with Crippen molar-refractivity contribution >= 4 is 35.1 Å². The Bertz CT molecular complexity index is 1380. The van der Waals surface area contributed by atoms with Crippen molar-refractivity contribution in [2.75, 3.05) is 20.0 Å². The number of esters is 1. The molecule has 4 rings (SSSR count). The SMILES string of the molecule is CCOC(=O)C1=C(C)N=c2s/c(=C/c3ccc(OC)cc3)c(=O)n2C1c1ccc(SC)cc1. The molecule has 1 aromatic heterocycles. The van der Waals surface area contributed by atoms with Crippen LogP contribution >= 0.6 is 23.1 Å². The Morgan fingerprint density at radius 2 is 1.88 bits per heavy atom. The van der Waals surface area contributed by atoms with Crippen molar-refractivity contribution in [1.29, 1.82) is 0 Å². The molecule has 0 bridgehead atoms. The molecule has 0 fully saturated rings. The number of aromatic nitrogens is 1. The molecule has 0 N–H and O–H groups in total. The van der Waals surface area contributed by atoms with Crippen LogP contribution < -0.4 is 19.6 Å². The third-order valence-electron chi connectivity index (χ3n) is 5.36. The van der Waals surface area contributed by atoms with Gasteiger partial charge in [-0.05, 0) is 61.6 Å². The van der Waals surface area contributed by atoms with E-state index in [4.69, 9.17) is 9.47 Å². The van der Waals surface area contributed by atoms with E-state index in [0.29, 0.717) is 20.6 Å². The molecule has 0 radical (unpaired) electrons. The van der Waals surface area contributed by atoms with E-state index in [1.165, 1.54) is 11.3 Å². The first-order valence-electron chi connectivity index (χ1n) is 10.4. The summed E-state index contributed by atoms with van der Waals surface area (Å²) < 4.78 is 12.7. The van der Waals surface area contributed by atoms with Crippen LogP contribution in [-0.4, -0.2) is 30.5 Å². The predicted octanol–water partition coefficient (Wildman–Crippen LogP) is 3.53. The van der Waals surface area contributed by atoms with Crippen molar-refractivity contribution in [3.63, 3.8) is 0 Å². The van der Waals surface area contributed by atoms with Gasteiger partial charge in [0.1, 0.15) is 5.75 Å². The minimum absolute atomic E-state index is 0.192. The average Bonchev–Trinajstić information content (AvgIpc) is 3.13. The molecule has 33 heavy (non-hydrogen) atoms. The maximum atomic E-state index is 13.6. The second-order valence-electron chi connectivity index (χ2n) is 7.35. The number of thioether (sulfide) groups is 1. The number of methoxy groups -OCH3 is 1. The third-order valence-corrected chi connectivity index (χ3v) is 7.09. The molecule has 1 aliphatic rings. The summed E-state index contributed by atoms with van der Waals surface area (Å²) in [5, 5.41) is 0. The van der Waals surface area contributed by atoms with Gasteiger partial charge in [-0.15, -0.1) is 11.8 Å². The van der Waals surface area contributed by atoms with Crippen LogP contribution in [-0.2, 0) is 9.53 Å². The Morgan fingerprint density at radius 3 is 2.48 bits per heavy atom. The zero-order valence-electron chi connectivity index (χ0n) is 18.8. The minimum Gasteiger partial charge on any atom is -0.497 e.